The quantitative estimate of drug-likeness (QED) is 0.0317. The van der Waals surface area contributed by atoms with Crippen molar-refractivity contribution in [2.24, 2.45) is 0 Å². The van der Waals surface area contributed by atoms with Crippen LogP contribution in [0.1, 0.15) is 290 Å². The van der Waals surface area contributed by atoms with E-state index in [1.54, 1.807) is 0 Å². The molecule has 0 bridgehead atoms. The van der Waals surface area contributed by atoms with Crippen LogP contribution in [0.4, 0.5) is 0 Å². The van der Waals surface area contributed by atoms with Crippen LogP contribution >= 0.6 is 0 Å². The minimum absolute atomic E-state index is 0. The first kappa shape index (κ1) is 102. The molecular weight excluding hydrogens is 1060 g/mol. The van der Waals surface area contributed by atoms with Gasteiger partial charge >= 0.3 is 68.3 Å². The normalized spacial score (nSPS) is 9.64. The number of aliphatic carboxylic acids is 3. The Kier molecular flexibility index (Phi) is 143. The molecule has 0 amide bonds. The average Bonchev–Trinajstić information content (AvgIpc) is 3.22. The van der Waals surface area contributed by atoms with Gasteiger partial charge < -0.3 is 62.6 Å². The first-order valence-corrected chi connectivity index (χ1v) is 25.9. The zero-order chi connectivity index (χ0) is 44.7. The van der Waals surface area contributed by atoms with E-state index in [2.05, 4.69) is 57.2 Å². The van der Waals surface area contributed by atoms with Crippen LogP contribution in [0.15, 0.2) is 36.5 Å². The zero-order valence-electron chi connectivity index (χ0n) is 44.1. The Hall–Kier alpha value is -0.532. The van der Waals surface area contributed by atoms with Gasteiger partial charge in [0.1, 0.15) is 0 Å². The molecular formula is C54H102Fe4O12. The summed E-state index contributed by atoms with van der Waals surface area (Å²) in [7, 11) is 0. The fourth-order valence-corrected chi connectivity index (χ4v) is 7.02. The predicted molar refractivity (Wildman–Crippen MR) is 261 cm³/mol. The van der Waals surface area contributed by atoms with E-state index in [0.29, 0.717) is 0 Å². The Morgan fingerprint density at radius 1 is 0.257 bits per heavy atom. The number of carboxylic acid groups (broad SMARTS) is 3. The van der Waals surface area contributed by atoms with Crippen LogP contribution in [0.25, 0.3) is 0 Å². The number of hydrogen-bond acceptors (Lipinski definition) is 9. The van der Waals surface area contributed by atoms with Crippen molar-refractivity contribution >= 4 is 17.9 Å². The maximum atomic E-state index is 10.2. The maximum Gasteiger partial charge on any atom is 3.00 e. The van der Waals surface area contributed by atoms with Crippen molar-refractivity contribution in [3.05, 3.63) is 36.5 Å². The third kappa shape index (κ3) is 117. The first-order valence-electron chi connectivity index (χ1n) is 25.9. The minimum Gasteiger partial charge on any atom is -2.00 e. The van der Waals surface area contributed by atoms with Crippen molar-refractivity contribution in [2.45, 2.75) is 290 Å². The van der Waals surface area contributed by atoms with Gasteiger partial charge in [0.15, 0.2) is 0 Å². The van der Waals surface area contributed by atoms with E-state index in [0.717, 1.165) is 57.8 Å². The van der Waals surface area contributed by atoms with Gasteiger partial charge in [0.2, 0.25) is 0 Å². The molecule has 422 valence electrons. The van der Waals surface area contributed by atoms with Crippen molar-refractivity contribution < 1.29 is 131 Å². The van der Waals surface area contributed by atoms with Gasteiger partial charge in [-0.15, -0.1) is 0 Å². The monoisotopic (exact) mass is 1170 g/mol. The van der Waals surface area contributed by atoms with Crippen LogP contribution in [-0.4, -0.2) is 34.3 Å². The van der Waals surface area contributed by atoms with Gasteiger partial charge in [-0.3, -0.25) is 0 Å². The van der Waals surface area contributed by atoms with Crippen molar-refractivity contribution in [3.8, 4) is 0 Å². The molecule has 70 heavy (non-hydrogen) atoms. The summed E-state index contributed by atoms with van der Waals surface area (Å²) in [5, 5.41) is 30.6. The predicted octanol–water partition coefficient (Wildman–Crippen LogP) is 13.4. The number of hydrogen-bond donors (Lipinski definition) is 0. The van der Waals surface area contributed by atoms with E-state index in [1.165, 1.54) is 193 Å². The summed E-state index contributed by atoms with van der Waals surface area (Å²) >= 11 is 0. The van der Waals surface area contributed by atoms with E-state index in [9.17, 15) is 29.7 Å². The molecule has 0 rings (SSSR count). The average molecular weight is 1170 g/mol. The van der Waals surface area contributed by atoms with Crippen LogP contribution in [-0.2, 0) is 99.1 Å². The van der Waals surface area contributed by atoms with Gasteiger partial charge in [-0.2, -0.15) is 0 Å². The largest absolute Gasteiger partial charge is 3.00 e. The van der Waals surface area contributed by atoms with Crippen LogP contribution in [0.3, 0.4) is 0 Å². The van der Waals surface area contributed by atoms with E-state index in [1.807, 2.05) is 0 Å². The second-order valence-electron chi connectivity index (χ2n) is 17.1. The second-order valence-corrected chi connectivity index (χ2v) is 17.1. The molecule has 0 aromatic heterocycles. The summed E-state index contributed by atoms with van der Waals surface area (Å²) in [5.41, 5.74) is 0. The summed E-state index contributed by atoms with van der Waals surface area (Å²) in [4.78, 5) is 30.6. The van der Waals surface area contributed by atoms with E-state index in [-0.39, 0.29) is 120 Å². The number of carbonyl (C=O) groups is 3. The van der Waals surface area contributed by atoms with Gasteiger partial charge in [0.25, 0.3) is 0 Å². The molecule has 0 aliphatic carbocycles. The molecule has 0 aromatic carbocycles. The minimum atomic E-state index is -0.914. The molecule has 0 saturated heterocycles. The van der Waals surface area contributed by atoms with Gasteiger partial charge in [-0.05, 0) is 116 Å². The SMILES string of the molecule is CCCCCCCC/C=C\CCCCCCCC(=O)[O-].CCCCCCCC/C=C\CCCCCCCC(=O)[O-].CCCCCCCC/C=C\CCCCCCCC(=O)[O-].[Fe+3].[Fe+3].[Fe+3].[Fe+3].[O-2].[O-2].[O-2].[OH-].[OH-].[OH-]. The molecule has 4 radical (unpaired) electrons. The molecule has 3 N–H and O–H groups in total. The van der Waals surface area contributed by atoms with Crippen molar-refractivity contribution in [1.29, 1.82) is 0 Å². The molecule has 0 aliphatic heterocycles. The first-order chi connectivity index (χ1) is 29.3. The van der Waals surface area contributed by atoms with Gasteiger partial charge in [-0.1, -0.05) is 211 Å². The summed E-state index contributed by atoms with van der Waals surface area (Å²) in [6.45, 7) is 6.77. The zero-order valence-corrected chi connectivity index (χ0v) is 48.5. The fraction of sp³-hybridized carbons (Fsp3) is 0.833. The third-order valence-corrected chi connectivity index (χ3v) is 10.9. The smallest absolute Gasteiger partial charge is 2.00 e. The molecule has 16 heteroatoms. The molecule has 0 aliphatic rings. The van der Waals surface area contributed by atoms with Gasteiger partial charge in [-0.25, -0.2) is 0 Å². The Bertz CT molecular complexity index is 859. The molecule has 0 spiro atoms. The summed E-state index contributed by atoms with van der Waals surface area (Å²) in [5.74, 6) is -2.74. The fourth-order valence-electron chi connectivity index (χ4n) is 7.02. The Morgan fingerprint density at radius 3 is 0.529 bits per heavy atom. The molecule has 0 saturated carbocycles. The number of carbonyl (C=O) groups excluding carboxylic acids is 3. The summed E-state index contributed by atoms with van der Waals surface area (Å²) < 4.78 is 0. The molecule has 0 heterocycles. The number of allylic oxidation sites excluding steroid dienone is 6. The van der Waals surface area contributed by atoms with E-state index in [4.69, 9.17) is 0 Å². The van der Waals surface area contributed by atoms with Crippen LogP contribution in [0, 0.1) is 0 Å². The molecule has 0 fully saturated rings. The number of carboxylic acids is 3. The molecule has 0 unspecified atom stereocenters. The number of unbranched alkanes of at least 4 members (excludes halogenated alkanes) is 33. The topological polar surface area (TPSA) is 296 Å². The van der Waals surface area contributed by atoms with Crippen molar-refractivity contribution in [1.82, 2.24) is 0 Å². The van der Waals surface area contributed by atoms with Crippen molar-refractivity contribution in [3.63, 3.8) is 0 Å². The summed E-state index contributed by atoms with van der Waals surface area (Å²) in [6.07, 6.45) is 62.7. The van der Waals surface area contributed by atoms with Gasteiger partial charge in [0, 0.05) is 17.9 Å². The van der Waals surface area contributed by atoms with Crippen LogP contribution in [0.5, 0.6) is 0 Å². The van der Waals surface area contributed by atoms with E-state index >= 15 is 0 Å². The maximum absolute atomic E-state index is 10.2. The van der Waals surface area contributed by atoms with Gasteiger partial charge in [0.05, 0.1) is 0 Å². The number of rotatable bonds is 45. The Labute approximate surface area is 472 Å². The summed E-state index contributed by atoms with van der Waals surface area (Å²) in [6, 6.07) is 0. The molecule has 12 nitrogen and oxygen atoms in total. The Morgan fingerprint density at radius 2 is 0.386 bits per heavy atom. The standard InChI is InChI=1S/3C18H34O2.4Fe.3H2O.3O/c3*1-2-3-4-5-6-7-8-9-10-11-12-13-14-15-16-17-18(19)20;;;;;;;;;;/h3*9-10H,2-8,11-17H2,1H3,(H,19,20);;;;;3*1H2;;;/q;;;4*+3;;;;3*-2/p-6/b3*10-9-;;;;;;;;;;. The Balaban J connectivity index is -0.0000000591. The van der Waals surface area contributed by atoms with E-state index < -0.39 is 17.9 Å². The van der Waals surface area contributed by atoms with Crippen molar-refractivity contribution in [2.75, 3.05) is 0 Å². The molecule has 0 atom stereocenters. The molecule has 0 aromatic rings. The van der Waals surface area contributed by atoms with Crippen LogP contribution < -0.4 is 15.3 Å². The third-order valence-electron chi connectivity index (χ3n) is 10.9. The second kappa shape index (κ2) is 97.7. The van der Waals surface area contributed by atoms with Crippen LogP contribution in [0.2, 0.25) is 0 Å².